The van der Waals surface area contributed by atoms with Gasteiger partial charge in [0.05, 0.1) is 0 Å². The second-order valence-electron chi connectivity index (χ2n) is 4.57. The van der Waals surface area contributed by atoms with Crippen molar-refractivity contribution in [2.75, 3.05) is 6.54 Å². The smallest absolute Gasteiger partial charge is 0.270 e. The van der Waals surface area contributed by atoms with Gasteiger partial charge in [0.15, 0.2) is 0 Å². The van der Waals surface area contributed by atoms with E-state index in [0.717, 1.165) is 23.2 Å². The molecule has 1 amide bonds. The van der Waals surface area contributed by atoms with E-state index in [1.807, 2.05) is 38.1 Å². The van der Waals surface area contributed by atoms with Gasteiger partial charge in [-0.05, 0) is 38.0 Å². The minimum Gasteiger partial charge on any atom is -0.350 e. The Morgan fingerprint density at radius 1 is 1.20 bits per heavy atom. The summed E-state index contributed by atoms with van der Waals surface area (Å²) in [6.07, 6.45) is 2.17. The Balaban J connectivity index is 1.92. The fourth-order valence-corrected chi connectivity index (χ4v) is 1.95. The zero-order chi connectivity index (χ0) is 14.5. The molecule has 0 atom stereocenters. The molecule has 1 N–H and O–H groups in total. The fourth-order valence-electron chi connectivity index (χ4n) is 1.82. The predicted molar refractivity (Wildman–Crippen MR) is 79.0 cm³/mol. The standard InChI is InChI=1S/C15H16ClN3O/c1-10-11(2)18-9-19-14(10)15(20)17-8-7-12-3-5-13(16)6-4-12/h3-6,9H,7-8H2,1-2H3,(H,17,20). The van der Waals surface area contributed by atoms with Crippen LogP contribution in [0.5, 0.6) is 0 Å². The molecule has 0 saturated carbocycles. The number of hydrogen-bond acceptors (Lipinski definition) is 3. The summed E-state index contributed by atoms with van der Waals surface area (Å²) in [4.78, 5) is 20.1. The number of carbonyl (C=O) groups is 1. The van der Waals surface area contributed by atoms with Gasteiger partial charge in [-0.2, -0.15) is 0 Å². The molecular formula is C15H16ClN3O. The summed E-state index contributed by atoms with van der Waals surface area (Å²) in [6.45, 7) is 4.27. The van der Waals surface area contributed by atoms with E-state index in [1.165, 1.54) is 6.33 Å². The van der Waals surface area contributed by atoms with Crippen LogP contribution in [-0.2, 0) is 6.42 Å². The molecule has 0 aliphatic rings. The molecule has 0 unspecified atom stereocenters. The first kappa shape index (κ1) is 14.5. The van der Waals surface area contributed by atoms with Crippen LogP contribution < -0.4 is 5.32 Å². The SMILES string of the molecule is Cc1ncnc(C(=O)NCCc2ccc(Cl)cc2)c1C. The highest BCUT2D eigenvalue weighted by molar-refractivity contribution is 6.30. The summed E-state index contributed by atoms with van der Waals surface area (Å²) < 4.78 is 0. The van der Waals surface area contributed by atoms with E-state index in [1.54, 1.807) is 0 Å². The van der Waals surface area contributed by atoms with Crippen LogP contribution in [0.4, 0.5) is 0 Å². The third kappa shape index (κ3) is 3.54. The Morgan fingerprint density at radius 3 is 2.60 bits per heavy atom. The Hall–Kier alpha value is -1.94. The molecule has 1 aromatic heterocycles. The first-order chi connectivity index (χ1) is 9.58. The summed E-state index contributed by atoms with van der Waals surface area (Å²) in [5, 5.41) is 3.58. The highest BCUT2D eigenvalue weighted by atomic mass is 35.5. The number of carbonyl (C=O) groups excluding carboxylic acids is 1. The van der Waals surface area contributed by atoms with Crippen LogP contribution in [0.1, 0.15) is 27.3 Å². The van der Waals surface area contributed by atoms with Gasteiger partial charge in [-0.15, -0.1) is 0 Å². The van der Waals surface area contributed by atoms with Gasteiger partial charge in [0, 0.05) is 22.8 Å². The van der Waals surface area contributed by atoms with Gasteiger partial charge >= 0.3 is 0 Å². The zero-order valence-corrected chi connectivity index (χ0v) is 12.2. The number of aryl methyl sites for hydroxylation is 1. The number of hydrogen-bond donors (Lipinski definition) is 1. The normalized spacial score (nSPS) is 10.3. The largest absolute Gasteiger partial charge is 0.350 e. The van der Waals surface area contributed by atoms with Gasteiger partial charge in [0.1, 0.15) is 12.0 Å². The lowest BCUT2D eigenvalue weighted by molar-refractivity contribution is 0.0948. The summed E-state index contributed by atoms with van der Waals surface area (Å²) in [7, 11) is 0. The van der Waals surface area contributed by atoms with Crippen molar-refractivity contribution in [1.82, 2.24) is 15.3 Å². The maximum Gasteiger partial charge on any atom is 0.270 e. The molecule has 1 aromatic carbocycles. The molecule has 20 heavy (non-hydrogen) atoms. The van der Waals surface area contributed by atoms with Gasteiger partial charge in [-0.25, -0.2) is 9.97 Å². The van der Waals surface area contributed by atoms with Crippen molar-refractivity contribution < 1.29 is 4.79 Å². The average Bonchev–Trinajstić information content (AvgIpc) is 2.44. The van der Waals surface area contributed by atoms with Crippen LogP contribution in [0, 0.1) is 13.8 Å². The second-order valence-corrected chi connectivity index (χ2v) is 5.00. The molecule has 4 nitrogen and oxygen atoms in total. The summed E-state index contributed by atoms with van der Waals surface area (Å²) in [6, 6.07) is 7.59. The molecule has 2 aromatic rings. The van der Waals surface area contributed by atoms with Crippen LogP contribution in [0.15, 0.2) is 30.6 Å². The van der Waals surface area contributed by atoms with Crippen LogP contribution in [0.2, 0.25) is 5.02 Å². The molecule has 0 aliphatic heterocycles. The van der Waals surface area contributed by atoms with Gasteiger partial charge in [-0.1, -0.05) is 23.7 Å². The van der Waals surface area contributed by atoms with Crippen molar-refractivity contribution in [2.45, 2.75) is 20.3 Å². The maximum absolute atomic E-state index is 12.0. The number of nitrogens with one attached hydrogen (secondary N) is 1. The summed E-state index contributed by atoms with van der Waals surface area (Å²) in [5.41, 5.74) is 3.21. The fraction of sp³-hybridized carbons (Fsp3) is 0.267. The van der Waals surface area contributed by atoms with E-state index in [4.69, 9.17) is 11.6 Å². The van der Waals surface area contributed by atoms with Crippen molar-refractivity contribution in [1.29, 1.82) is 0 Å². The van der Waals surface area contributed by atoms with Crippen molar-refractivity contribution >= 4 is 17.5 Å². The maximum atomic E-state index is 12.0. The van der Waals surface area contributed by atoms with Crippen molar-refractivity contribution in [2.24, 2.45) is 0 Å². The van der Waals surface area contributed by atoms with Crippen molar-refractivity contribution in [3.8, 4) is 0 Å². The highest BCUT2D eigenvalue weighted by Gasteiger charge is 2.11. The molecule has 0 radical (unpaired) electrons. The van der Waals surface area contributed by atoms with E-state index in [2.05, 4.69) is 15.3 Å². The number of aromatic nitrogens is 2. The van der Waals surface area contributed by atoms with E-state index in [9.17, 15) is 4.79 Å². The molecule has 0 spiro atoms. The van der Waals surface area contributed by atoms with Crippen LogP contribution in [0.25, 0.3) is 0 Å². The monoisotopic (exact) mass is 289 g/mol. The molecule has 104 valence electrons. The molecule has 5 heteroatoms. The third-order valence-electron chi connectivity index (χ3n) is 3.16. The highest BCUT2D eigenvalue weighted by Crippen LogP contribution is 2.10. The minimum atomic E-state index is -0.165. The number of halogens is 1. The van der Waals surface area contributed by atoms with Gasteiger partial charge in [-0.3, -0.25) is 4.79 Å². The number of rotatable bonds is 4. The zero-order valence-electron chi connectivity index (χ0n) is 11.5. The lowest BCUT2D eigenvalue weighted by Crippen LogP contribution is -2.27. The molecule has 0 bridgehead atoms. The predicted octanol–water partition coefficient (Wildman–Crippen LogP) is 2.72. The topological polar surface area (TPSA) is 54.9 Å². The van der Waals surface area contributed by atoms with Crippen molar-refractivity contribution in [3.63, 3.8) is 0 Å². The van der Waals surface area contributed by atoms with E-state index < -0.39 is 0 Å². The first-order valence-corrected chi connectivity index (χ1v) is 6.76. The minimum absolute atomic E-state index is 0.165. The Bertz CT molecular complexity index is 611. The molecule has 2 rings (SSSR count). The van der Waals surface area contributed by atoms with E-state index in [0.29, 0.717) is 17.3 Å². The van der Waals surface area contributed by atoms with Crippen LogP contribution in [-0.4, -0.2) is 22.4 Å². The number of nitrogens with zero attached hydrogens (tertiary/aromatic N) is 2. The second kappa shape index (κ2) is 6.48. The van der Waals surface area contributed by atoms with E-state index in [-0.39, 0.29) is 5.91 Å². The molecule has 0 aliphatic carbocycles. The molecule has 0 saturated heterocycles. The van der Waals surface area contributed by atoms with Crippen molar-refractivity contribution in [3.05, 3.63) is 58.1 Å². The lowest BCUT2D eigenvalue weighted by Gasteiger charge is -2.08. The van der Waals surface area contributed by atoms with Gasteiger partial charge in [0.25, 0.3) is 5.91 Å². The lowest BCUT2D eigenvalue weighted by atomic mass is 10.1. The molecule has 1 heterocycles. The summed E-state index contributed by atoms with van der Waals surface area (Å²) >= 11 is 5.82. The van der Waals surface area contributed by atoms with Crippen LogP contribution >= 0.6 is 11.6 Å². The Kier molecular flexibility index (Phi) is 4.69. The Labute approximate surface area is 123 Å². The van der Waals surface area contributed by atoms with Gasteiger partial charge in [0.2, 0.25) is 0 Å². The number of benzene rings is 1. The summed E-state index contributed by atoms with van der Waals surface area (Å²) in [5.74, 6) is -0.165. The van der Waals surface area contributed by atoms with E-state index >= 15 is 0 Å². The molecular weight excluding hydrogens is 274 g/mol. The van der Waals surface area contributed by atoms with Crippen LogP contribution in [0.3, 0.4) is 0 Å². The molecule has 0 fully saturated rings. The Morgan fingerprint density at radius 2 is 1.90 bits per heavy atom. The third-order valence-corrected chi connectivity index (χ3v) is 3.42. The number of amides is 1. The average molecular weight is 290 g/mol. The van der Waals surface area contributed by atoms with Gasteiger partial charge < -0.3 is 5.32 Å². The first-order valence-electron chi connectivity index (χ1n) is 6.39. The quantitative estimate of drug-likeness (QED) is 0.941.